The molecule has 2 saturated heterocycles. The van der Waals surface area contributed by atoms with Gasteiger partial charge in [-0.3, -0.25) is 24.3 Å². The lowest BCUT2D eigenvalue weighted by Gasteiger charge is -2.35. The lowest BCUT2D eigenvalue weighted by Crippen LogP contribution is -2.55. The van der Waals surface area contributed by atoms with Gasteiger partial charge in [-0.25, -0.2) is 18.7 Å². The van der Waals surface area contributed by atoms with Crippen LogP contribution in [0, 0.1) is 22.6 Å². The average molecular weight is 1060 g/mol. The van der Waals surface area contributed by atoms with Crippen LogP contribution < -0.4 is 15.0 Å². The van der Waals surface area contributed by atoms with Crippen LogP contribution >= 0.6 is 12.2 Å². The maximum absolute atomic E-state index is 16.1. The zero-order chi connectivity index (χ0) is 54.8. The molecular weight excluding hydrogens is 1010 g/mol. The van der Waals surface area contributed by atoms with E-state index in [2.05, 4.69) is 32.0 Å². The molecule has 0 aliphatic carbocycles. The number of hydrogen-bond donors (Lipinski definition) is 3. The molecular formula is C49H52F8N10O6S. The lowest BCUT2D eigenvalue weighted by molar-refractivity contribution is -0.141. The standard InChI is InChI=1S/C49H52F8N10O6S/c1-26(67-45(74)66(44(71)47(67,5)6)34-14-11-27(20-58)38(39(34)51)49(55,56)57)17-32(50)40(59-7)30-13-12-29(19-31(30)48(52,53)54)73-16-10-9-15-72-24-37(69)63-41(46(2,3)4)43(70)65-23-28(68)18-35(65)42-61-21-33(62-42)36-22-60-25-64(36)8/h11-14,17,19,21-22,25,28,35,41,68H,7,9-10,15-16,18,23-24H2,1-6,8H3,(H,61,62)(H,63,69)/b26-17+,40-32+/t28-,35+,41-/m1/s1. The Morgan fingerprint density at radius 1 is 1.11 bits per heavy atom. The first-order valence-corrected chi connectivity index (χ1v) is 23.2. The molecule has 6 rings (SSSR count). The van der Waals surface area contributed by atoms with E-state index < -0.39 is 116 Å². The fraction of sp³-hybridized carbons (Fsp3) is 0.429. The summed E-state index contributed by atoms with van der Waals surface area (Å²) in [4.78, 5) is 59.0. The monoisotopic (exact) mass is 1060 g/mol. The maximum Gasteiger partial charge on any atom is 0.420 e. The molecule has 2 aliphatic rings. The van der Waals surface area contributed by atoms with Crippen LogP contribution in [-0.2, 0) is 38.5 Å². The van der Waals surface area contributed by atoms with E-state index in [0.29, 0.717) is 41.0 Å². The van der Waals surface area contributed by atoms with E-state index in [1.165, 1.54) is 31.7 Å². The lowest BCUT2D eigenvalue weighted by atomic mass is 9.85. The van der Waals surface area contributed by atoms with Gasteiger partial charge in [-0.05, 0) is 94.4 Å². The first-order valence-electron chi connectivity index (χ1n) is 22.8. The molecule has 3 amide bonds. The third-order valence-corrected chi connectivity index (χ3v) is 12.6. The number of imidazole rings is 2. The Balaban J connectivity index is 1.06. The number of nitrogens with one attached hydrogen (secondary N) is 2. The predicted octanol–water partition coefficient (Wildman–Crippen LogP) is 8.55. The number of benzene rings is 2. The fourth-order valence-electron chi connectivity index (χ4n) is 8.61. The van der Waals surface area contributed by atoms with Crippen LogP contribution in [0.5, 0.6) is 5.75 Å². The summed E-state index contributed by atoms with van der Waals surface area (Å²) in [7, 11) is 1.82. The van der Waals surface area contributed by atoms with Crippen molar-refractivity contribution in [2.75, 3.05) is 31.3 Å². The molecule has 0 spiro atoms. The average Bonchev–Trinajstić information content (AvgIpc) is 4.09. The van der Waals surface area contributed by atoms with E-state index >= 15 is 8.78 Å². The Hall–Kier alpha value is -7.04. The van der Waals surface area contributed by atoms with Crippen molar-refractivity contribution in [3.05, 3.63) is 101 Å². The summed E-state index contributed by atoms with van der Waals surface area (Å²) in [5, 5.41) is 22.0. The Morgan fingerprint density at radius 2 is 1.80 bits per heavy atom. The van der Waals surface area contributed by atoms with E-state index in [-0.39, 0.29) is 44.0 Å². The highest BCUT2D eigenvalue weighted by Crippen LogP contribution is 2.43. The first kappa shape index (κ1) is 56.3. The molecule has 2 aromatic heterocycles. The second kappa shape index (κ2) is 21.8. The van der Waals surface area contributed by atoms with Gasteiger partial charge < -0.3 is 39.2 Å². The fourth-order valence-corrected chi connectivity index (χ4v) is 9.17. The van der Waals surface area contributed by atoms with E-state index in [1.54, 1.807) is 44.1 Å². The molecule has 3 N–H and O–H groups in total. The highest BCUT2D eigenvalue weighted by molar-refractivity contribution is 7.80. The van der Waals surface area contributed by atoms with E-state index in [4.69, 9.17) is 21.7 Å². The Morgan fingerprint density at radius 3 is 2.41 bits per heavy atom. The number of rotatable bonds is 17. The second-order valence-corrected chi connectivity index (χ2v) is 19.4. The number of nitrogens with zero attached hydrogens (tertiary/aromatic N) is 8. The Bertz CT molecular complexity index is 2930. The number of carbonyl (C=O) groups is 3. The number of likely N-dealkylation sites (tertiary alicyclic amines) is 1. The van der Waals surface area contributed by atoms with Crippen LogP contribution in [0.2, 0.25) is 0 Å². The van der Waals surface area contributed by atoms with Gasteiger partial charge in [0.05, 0.1) is 71.7 Å². The van der Waals surface area contributed by atoms with E-state index in [9.17, 15) is 51.1 Å². The number of H-pyrrole nitrogens is 1. The van der Waals surface area contributed by atoms with Crippen molar-refractivity contribution >= 4 is 53.2 Å². The summed E-state index contributed by atoms with van der Waals surface area (Å²) in [6.07, 6.45) is -4.87. The van der Waals surface area contributed by atoms with Crippen molar-refractivity contribution in [2.45, 2.75) is 96.9 Å². The van der Waals surface area contributed by atoms with Crippen molar-refractivity contribution in [2.24, 2.45) is 17.5 Å². The number of anilines is 1. The second-order valence-electron chi connectivity index (χ2n) is 19.0. The minimum atomic E-state index is -5.34. The smallest absolute Gasteiger partial charge is 0.420 e. The minimum Gasteiger partial charge on any atom is -0.494 e. The number of hydrogen-bond acceptors (Lipinski definition) is 11. The Labute approximate surface area is 425 Å². The van der Waals surface area contributed by atoms with Crippen molar-refractivity contribution in [3.63, 3.8) is 0 Å². The van der Waals surface area contributed by atoms with Gasteiger partial charge in [0.1, 0.15) is 41.0 Å². The summed E-state index contributed by atoms with van der Waals surface area (Å²) in [6.45, 7) is 11.8. The summed E-state index contributed by atoms with van der Waals surface area (Å²) in [6, 6.07) is 3.75. The van der Waals surface area contributed by atoms with Crippen molar-refractivity contribution < 1.29 is 64.1 Å². The number of aromatic amines is 1. The van der Waals surface area contributed by atoms with Crippen molar-refractivity contribution in [3.8, 4) is 23.2 Å². The van der Waals surface area contributed by atoms with Crippen LogP contribution in [0.1, 0.15) is 94.9 Å². The molecule has 2 aliphatic heterocycles. The van der Waals surface area contributed by atoms with E-state index in [0.717, 1.165) is 28.8 Å². The largest absolute Gasteiger partial charge is 0.494 e. The van der Waals surface area contributed by atoms with Gasteiger partial charge in [-0.1, -0.05) is 20.8 Å². The van der Waals surface area contributed by atoms with Crippen LogP contribution in [0.4, 0.5) is 40.8 Å². The van der Waals surface area contributed by atoms with Gasteiger partial charge >= 0.3 is 12.4 Å². The van der Waals surface area contributed by atoms with Gasteiger partial charge in [0.25, 0.3) is 5.91 Å². The number of carbonyl (C=O) groups excluding carboxylic acids is 3. The molecule has 25 heteroatoms. The predicted molar refractivity (Wildman–Crippen MR) is 258 cm³/mol. The van der Waals surface area contributed by atoms with Crippen LogP contribution in [-0.4, -0.2) is 108 Å². The third kappa shape index (κ3) is 11.8. The number of thiocarbonyl (C=S) groups is 1. The first-order chi connectivity index (χ1) is 34.5. The molecule has 3 atom stereocenters. The molecule has 0 radical (unpaired) electrons. The number of unbranched alkanes of at least 4 members (excludes halogenated alkanes) is 1. The molecule has 0 saturated carbocycles. The third-order valence-electron chi connectivity index (χ3n) is 12.2. The Kier molecular flexibility index (Phi) is 16.6. The number of alkyl halides is 6. The maximum atomic E-state index is 16.1. The van der Waals surface area contributed by atoms with E-state index in [1.807, 2.05) is 7.05 Å². The normalized spacial score (nSPS) is 18.1. The summed E-state index contributed by atoms with van der Waals surface area (Å²) in [5.74, 6) is -5.18. The SMILES string of the molecule is C=N/C(=C(F)\C=C(/C)N1C(=S)N(c2ccc(C#N)c(C(F)(F)F)c2F)C(=O)C1(C)C)c1ccc(OCCCCOCC(=O)N[C@H](C(=O)N2C[C@H](O)C[C@H]2c2ncc(-c3cncn3C)[nH]2)C(C)(C)C)cc1C(F)(F)F. The number of amides is 3. The molecule has 396 valence electrons. The number of allylic oxidation sites excluding steroid dienone is 3. The molecule has 2 aromatic carbocycles. The van der Waals surface area contributed by atoms with Gasteiger partial charge in [0, 0.05) is 37.9 Å². The number of ether oxygens (including phenoxy) is 2. The zero-order valence-electron chi connectivity index (χ0n) is 41.1. The highest BCUT2D eigenvalue weighted by Gasteiger charge is 2.52. The number of aliphatic hydroxyl groups excluding tert-OH is 1. The molecule has 0 unspecified atom stereocenters. The number of nitriles is 1. The topological polar surface area (TPSA) is 194 Å². The minimum absolute atomic E-state index is 0.0206. The van der Waals surface area contributed by atoms with Crippen molar-refractivity contribution in [1.29, 1.82) is 5.26 Å². The number of aliphatic hydroxyl groups is 1. The van der Waals surface area contributed by atoms with Gasteiger partial charge in [0.15, 0.2) is 16.8 Å². The highest BCUT2D eigenvalue weighted by atomic mass is 32.1. The molecule has 0 bridgehead atoms. The van der Waals surface area contributed by atoms with Crippen LogP contribution in [0.15, 0.2) is 71.6 Å². The zero-order valence-corrected chi connectivity index (χ0v) is 41.9. The number of aromatic nitrogens is 4. The summed E-state index contributed by atoms with van der Waals surface area (Å²) in [5.41, 5.74) is -8.29. The van der Waals surface area contributed by atoms with Crippen LogP contribution in [0.3, 0.4) is 0 Å². The molecule has 74 heavy (non-hydrogen) atoms. The number of aryl methyl sites for hydroxylation is 1. The molecule has 4 heterocycles. The van der Waals surface area contributed by atoms with Crippen LogP contribution in [0.25, 0.3) is 17.1 Å². The summed E-state index contributed by atoms with van der Waals surface area (Å²) >= 11 is 5.38. The van der Waals surface area contributed by atoms with Crippen molar-refractivity contribution in [1.82, 2.24) is 34.6 Å². The quantitative estimate of drug-likeness (QED) is 0.0302. The number of aliphatic imine (C=N–C) groups is 1. The van der Waals surface area contributed by atoms with Gasteiger partial charge in [0.2, 0.25) is 11.8 Å². The molecule has 16 nitrogen and oxygen atoms in total. The molecule has 2 fully saturated rings. The summed E-state index contributed by atoms with van der Waals surface area (Å²) < 4.78 is 130. The number of β-amino-alcohol motifs (C(OH)–C–C–N with tert-alkyl or cyclic N) is 1. The van der Waals surface area contributed by atoms with Gasteiger partial charge in [-0.2, -0.15) is 31.6 Å². The molecule has 4 aromatic rings. The van der Waals surface area contributed by atoms with Gasteiger partial charge in [-0.15, -0.1) is 0 Å². The number of halogens is 8.